The summed E-state index contributed by atoms with van der Waals surface area (Å²) in [5.41, 5.74) is 7.57. The van der Waals surface area contributed by atoms with Gasteiger partial charge in [-0.25, -0.2) is 9.78 Å². The lowest BCUT2D eigenvalue weighted by Gasteiger charge is -2.09. The molecule has 3 rings (SSSR count). The number of carbonyl (C=O) groups excluding carboxylic acids is 3. The van der Waals surface area contributed by atoms with Crippen molar-refractivity contribution in [3.05, 3.63) is 64.4 Å². The summed E-state index contributed by atoms with van der Waals surface area (Å²) in [5.74, 6) is -1.36. The predicted octanol–water partition coefficient (Wildman–Crippen LogP) is 3.17. The van der Waals surface area contributed by atoms with Crippen LogP contribution in [0.4, 0.5) is 0 Å². The van der Waals surface area contributed by atoms with Crippen molar-refractivity contribution in [2.24, 2.45) is 5.73 Å². The normalized spacial score (nSPS) is 10.7. The first-order valence-corrected chi connectivity index (χ1v) is 10.5. The average Bonchev–Trinajstić information content (AvgIpc) is 3.32. The molecule has 0 aliphatic heterocycles. The molecular formula is C20H19N3O4S2. The maximum absolute atomic E-state index is 12.7. The number of ketones is 1. The van der Waals surface area contributed by atoms with Gasteiger partial charge in [0.2, 0.25) is 11.7 Å². The molecule has 0 bridgehead atoms. The molecule has 9 heteroatoms. The van der Waals surface area contributed by atoms with Crippen LogP contribution in [0.25, 0.3) is 5.13 Å². The standard InChI is InChI=1S/C20H19N3O4S2/c1-12-9-15(13(2)23(12)20-22-7-8-28-20)16(24)10-27-19(26)14-5-3-4-6-17(14)29-11-18(21)25/h3-9H,10-11H2,1-2H3,(H2,21,25). The van der Waals surface area contributed by atoms with Gasteiger partial charge in [-0.2, -0.15) is 0 Å². The van der Waals surface area contributed by atoms with Gasteiger partial charge >= 0.3 is 5.97 Å². The van der Waals surface area contributed by atoms with Crippen LogP contribution in [0, 0.1) is 13.8 Å². The molecule has 0 saturated heterocycles. The van der Waals surface area contributed by atoms with E-state index in [1.54, 1.807) is 36.5 Å². The van der Waals surface area contributed by atoms with E-state index in [0.717, 1.165) is 28.3 Å². The minimum absolute atomic E-state index is 0.0476. The number of thioether (sulfide) groups is 1. The first-order valence-electron chi connectivity index (χ1n) is 8.67. The van der Waals surface area contributed by atoms with Crippen LogP contribution in [0.5, 0.6) is 0 Å². The number of hydrogen-bond acceptors (Lipinski definition) is 7. The van der Waals surface area contributed by atoms with E-state index in [1.165, 1.54) is 11.3 Å². The van der Waals surface area contributed by atoms with Crippen molar-refractivity contribution in [1.29, 1.82) is 0 Å². The van der Waals surface area contributed by atoms with Crippen molar-refractivity contribution < 1.29 is 19.1 Å². The molecule has 1 amide bonds. The number of rotatable bonds is 8. The Balaban J connectivity index is 1.71. The van der Waals surface area contributed by atoms with Crippen molar-refractivity contribution >= 4 is 40.8 Å². The summed E-state index contributed by atoms with van der Waals surface area (Å²) in [6.45, 7) is 3.35. The molecule has 29 heavy (non-hydrogen) atoms. The summed E-state index contributed by atoms with van der Waals surface area (Å²) in [7, 11) is 0. The van der Waals surface area contributed by atoms with E-state index in [4.69, 9.17) is 10.5 Å². The Morgan fingerprint density at radius 3 is 2.66 bits per heavy atom. The smallest absolute Gasteiger partial charge is 0.339 e. The van der Waals surface area contributed by atoms with Gasteiger partial charge in [-0.3, -0.25) is 14.2 Å². The Morgan fingerprint density at radius 1 is 1.21 bits per heavy atom. The first kappa shape index (κ1) is 20.8. The second kappa shape index (κ2) is 9.06. The van der Waals surface area contributed by atoms with Crippen molar-refractivity contribution in [2.45, 2.75) is 18.7 Å². The Bertz CT molecular complexity index is 1060. The van der Waals surface area contributed by atoms with E-state index < -0.39 is 11.9 Å². The van der Waals surface area contributed by atoms with Crippen LogP contribution >= 0.6 is 23.1 Å². The molecule has 1 aromatic carbocycles. The van der Waals surface area contributed by atoms with Crippen LogP contribution in [0.15, 0.2) is 46.8 Å². The number of thiazole rings is 1. The third-order valence-electron chi connectivity index (χ3n) is 4.15. The van der Waals surface area contributed by atoms with Gasteiger partial charge in [0.25, 0.3) is 0 Å². The molecule has 2 heterocycles. The zero-order valence-corrected chi connectivity index (χ0v) is 17.5. The van der Waals surface area contributed by atoms with Gasteiger partial charge in [0.1, 0.15) is 0 Å². The summed E-state index contributed by atoms with van der Waals surface area (Å²) in [6.07, 6.45) is 1.70. The second-order valence-corrected chi connectivity index (χ2v) is 8.08. The van der Waals surface area contributed by atoms with Crippen LogP contribution in [0.2, 0.25) is 0 Å². The molecule has 0 spiro atoms. The number of nitrogens with zero attached hydrogens (tertiary/aromatic N) is 2. The largest absolute Gasteiger partial charge is 0.454 e. The number of nitrogens with two attached hydrogens (primary N) is 1. The molecule has 2 N–H and O–H groups in total. The lowest BCUT2D eigenvalue weighted by atomic mass is 10.1. The van der Waals surface area contributed by atoms with E-state index in [-0.39, 0.29) is 18.1 Å². The van der Waals surface area contributed by atoms with Gasteiger partial charge in [-0.15, -0.1) is 23.1 Å². The SMILES string of the molecule is Cc1cc(C(=O)COC(=O)c2ccccc2SCC(N)=O)c(C)n1-c1nccs1. The molecule has 0 aliphatic carbocycles. The predicted molar refractivity (Wildman–Crippen MR) is 112 cm³/mol. The Hall–Kier alpha value is -2.91. The fourth-order valence-electron chi connectivity index (χ4n) is 2.86. The molecule has 0 fully saturated rings. The number of amides is 1. The number of benzene rings is 1. The molecular weight excluding hydrogens is 410 g/mol. The van der Waals surface area contributed by atoms with Crippen LogP contribution in [-0.4, -0.2) is 39.6 Å². The summed E-state index contributed by atoms with van der Waals surface area (Å²) < 4.78 is 7.14. The number of esters is 1. The van der Waals surface area contributed by atoms with Crippen LogP contribution in [0.1, 0.15) is 32.1 Å². The highest BCUT2D eigenvalue weighted by Crippen LogP contribution is 2.24. The van der Waals surface area contributed by atoms with E-state index >= 15 is 0 Å². The Morgan fingerprint density at radius 2 is 1.97 bits per heavy atom. The van der Waals surface area contributed by atoms with Gasteiger partial charge in [-0.1, -0.05) is 12.1 Å². The quantitative estimate of drug-likeness (QED) is 0.335. The first-order chi connectivity index (χ1) is 13.9. The van der Waals surface area contributed by atoms with Crippen LogP contribution in [0.3, 0.4) is 0 Å². The highest BCUT2D eigenvalue weighted by atomic mass is 32.2. The average molecular weight is 430 g/mol. The van der Waals surface area contributed by atoms with E-state index in [0.29, 0.717) is 16.0 Å². The van der Waals surface area contributed by atoms with E-state index in [1.807, 2.05) is 23.8 Å². The monoisotopic (exact) mass is 429 g/mol. The fourth-order valence-corrected chi connectivity index (χ4v) is 4.39. The number of ether oxygens (including phenoxy) is 1. The maximum Gasteiger partial charge on any atom is 0.339 e. The molecule has 0 saturated carbocycles. The highest BCUT2D eigenvalue weighted by Gasteiger charge is 2.20. The lowest BCUT2D eigenvalue weighted by Crippen LogP contribution is -2.16. The Labute approximate surface area is 175 Å². The van der Waals surface area contributed by atoms with E-state index in [2.05, 4.69) is 4.98 Å². The topological polar surface area (TPSA) is 104 Å². The van der Waals surface area contributed by atoms with Gasteiger partial charge in [0.15, 0.2) is 11.7 Å². The second-order valence-electron chi connectivity index (χ2n) is 6.19. The summed E-state index contributed by atoms with van der Waals surface area (Å²) in [6, 6.07) is 8.49. The summed E-state index contributed by atoms with van der Waals surface area (Å²) in [4.78, 5) is 41.0. The molecule has 0 atom stereocenters. The van der Waals surface area contributed by atoms with Crippen LogP contribution in [-0.2, 0) is 9.53 Å². The minimum atomic E-state index is -0.625. The zero-order valence-electron chi connectivity index (χ0n) is 15.9. The fraction of sp³-hybridized carbons (Fsp3) is 0.200. The number of Topliss-reactive ketones (excluding diaryl/α,β-unsaturated/α-hetero) is 1. The lowest BCUT2D eigenvalue weighted by molar-refractivity contribution is -0.115. The van der Waals surface area contributed by atoms with Crippen molar-refractivity contribution in [2.75, 3.05) is 12.4 Å². The molecule has 0 radical (unpaired) electrons. The Kier molecular flexibility index (Phi) is 6.50. The maximum atomic E-state index is 12.7. The number of aromatic nitrogens is 2. The molecule has 3 aromatic rings. The van der Waals surface area contributed by atoms with Crippen molar-refractivity contribution in [3.8, 4) is 5.13 Å². The number of aryl methyl sites for hydroxylation is 1. The van der Waals surface area contributed by atoms with Gasteiger partial charge in [-0.05, 0) is 32.0 Å². The van der Waals surface area contributed by atoms with Gasteiger partial charge < -0.3 is 10.5 Å². The van der Waals surface area contributed by atoms with Crippen molar-refractivity contribution in [1.82, 2.24) is 9.55 Å². The van der Waals surface area contributed by atoms with E-state index in [9.17, 15) is 14.4 Å². The molecule has 150 valence electrons. The molecule has 0 unspecified atom stereocenters. The molecule has 7 nitrogen and oxygen atoms in total. The molecule has 0 aliphatic rings. The number of hydrogen-bond donors (Lipinski definition) is 1. The molecule has 2 aromatic heterocycles. The minimum Gasteiger partial charge on any atom is -0.454 e. The van der Waals surface area contributed by atoms with Crippen molar-refractivity contribution in [3.63, 3.8) is 0 Å². The summed E-state index contributed by atoms with van der Waals surface area (Å²) in [5, 5.41) is 2.64. The third-order valence-corrected chi connectivity index (χ3v) is 6.01. The third kappa shape index (κ3) is 4.75. The zero-order chi connectivity index (χ0) is 21.0. The van der Waals surface area contributed by atoms with Gasteiger partial charge in [0.05, 0.1) is 11.3 Å². The number of primary amides is 1. The van der Waals surface area contributed by atoms with Gasteiger partial charge in [0, 0.05) is 33.4 Å². The number of carbonyl (C=O) groups is 3. The summed E-state index contributed by atoms with van der Waals surface area (Å²) >= 11 is 2.62. The highest BCUT2D eigenvalue weighted by molar-refractivity contribution is 8.00. The van der Waals surface area contributed by atoms with Crippen LogP contribution < -0.4 is 5.73 Å².